The van der Waals surface area contributed by atoms with Crippen LogP contribution in [0.2, 0.25) is 0 Å². The fourth-order valence-corrected chi connectivity index (χ4v) is 5.61. The average Bonchev–Trinajstić information content (AvgIpc) is 2.82. The van der Waals surface area contributed by atoms with Gasteiger partial charge in [-0.05, 0) is 55.4 Å². The molecule has 2 aromatic carbocycles. The number of nitrogens with two attached hydrogens (primary N) is 1. The van der Waals surface area contributed by atoms with Crippen LogP contribution in [0.3, 0.4) is 0 Å². The molecule has 9 nitrogen and oxygen atoms in total. The van der Waals surface area contributed by atoms with Crippen LogP contribution in [0.25, 0.3) is 16.9 Å². The van der Waals surface area contributed by atoms with Gasteiger partial charge in [-0.25, -0.2) is 4.39 Å². The van der Waals surface area contributed by atoms with Gasteiger partial charge in [-0.2, -0.15) is 0 Å². The van der Waals surface area contributed by atoms with E-state index in [9.17, 15) is 39.2 Å². The molecule has 0 bridgehead atoms. The molecule has 0 heterocycles. The Hall–Kier alpha value is -4.02. The van der Waals surface area contributed by atoms with Gasteiger partial charge in [0, 0.05) is 23.8 Å². The summed E-state index contributed by atoms with van der Waals surface area (Å²) in [4.78, 5) is 40.3. The molecule has 1 saturated carbocycles. The van der Waals surface area contributed by atoms with Gasteiger partial charge < -0.3 is 26.2 Å². The third kappa shape index (κ3) is 3.32. The number of hydrogen-bond donors (Lipinski definition) is 5. The normalized spacial score (nSPS) is 27.2. The minimum Gasteiger partial charge on any atom is -0.508 e. The zero-order valence-electron chi connectivity index (χ0n) is 19.8. The molecule has 4 atom stereocenters. The van der Waals surface area contributed by atoms with Gasteiger partial charge in [0.15, 0.2) is 11.4 Å². The van der Waals surface area contributed by atoms with E-state index in [4.69, 9.17) is 5.73 Å². The monoisotopic (exact) mass is 506 g/mol. The quantitative estimate of drug-likeness (QED) is 0.392. The topological polar surface area (TPSA) is 161 Å². The van der Waals surface area contributed by atoms with Crippen LogP contribution in [0.4, 0.5) is 4.39 Å². The molecule has 2 radical (unpaired) electrons. The van der Waals surface area contributed by atoms with Gasteiger partial charge in [-0.15, -0.1) is 0 Å². The molecule has 0 aliphatic heterocycles. The number of rotatable bonds is 3. The minimum absolute atomic E-state index is 0.0912. The summed E-state index contributed by atoms with van der Waals surface area (Å²) < 4.78 is 13.5. The first-order chi connectivity index (χ1) is 17.4. The highest BCUT2D eigenvalue weighted by Gasteiger charge is 2.64. The molecule has 2 unspecified atom stereocenters. The molecular weight excluding hydrogens is 483 g/mol. The van der Waals surface area contributed by atoms with E-state index >= 15 is 0 Å². The molecule has 10 heteroatoms. The highest BCUT2D eigenvalue weighted by molar-refractivity contribution is 6.24. The first-order valence-electron chi connectivity index (χ1n) is 11.4. The summed E-state index contributed by atoms with van der Waals surface area (Å²) in [5.41, 5.74) is 2.70. The largest absolute Gasteiger partial charge is 0.508 e. The van der Waals surface area contributed by atoms with E-state index in [2.05, 4.69) is 0 Å². The maximum absolute atomic E-state index is 13.8. The third-order valence-corrected chi connectivity index (χ3v) is 7.29. The Morgan fingerprint density at radius 2 is 1.70 bits per heavy atom. The van der Waals surface area contributed by atoms with E-state index in [1.165, 1.54) is 55.7 Å². The zero-order chi connectivity index (χ0) is 27.0. The number of likely N-dealkylation sites (N-methyl/N-ethyl adjacent to an activating group) is 1. The summed E-state index contributed by atoms with van der Waals surface area (Å²) in [7, 11) is 3.02. The van der Waals surface area contributed by atoms with Crippen molar-refractivity contribution in [3.63, 3.8) is 0 Å². The van der Waals surface area contributed by atoms with Crippen molar-refractivity contribution >= 4 is 23.2 Å². The second-order valence-electron chi connectivity index (χ2n) is 9.56. The predicted molar refractivity (Wildman–Crippen MR) is 129 cm³/mol. The maximum Gasteiger partial charge on any atom is 0.255 e. The van der Waals surface area contributed by atoms with Gasteiger partial charge in [0.25, 0.3) is 5.91 Å². The lowest BCUT2D eigenvalue weighted by atomic mass is 9.57. The van der Waals surface area contributed by atoms with Crippen molar-refractivity contribution < 1.29 is 39.2 Å². The molecule has 190 valence electrons. The molecule has 0 spiro atoms. The van der Waals surface area contributed by atoms with Crippen molar-refractivity contribution in [3.05, 3.63) is 83.1 Å². The van der Waals surface area contributed by atoms with Gasteiger partial charge in [0.1, 0.15) is 28.7 Å². The van der Waals surface area contributed by atoms with Gasteiger partial charge in [-0.3, -0.25) is 19.3 Å². The van der Waals surface area contributed by atoms with Crippen LogP contribution >= 0.6 is 0 Å². The molecule has 3 aliphatic carbocycles. The van der Waals surface area contributed by atoms with Crippen LogP contribution in [0, 0.1) is 30.5 Å². The van der Waals surface area contributed by atoms with Crippen molar-refractivity contribution in [2.75, 3.05) is 14.1 Å². The standard InChI is InChI=1S/C27H23FN2O7/c1-30(2)21-16-10-12-9-15-14(11-3-5-13(28)6-4-11)7-8-17(31)19(15)22(32)18(12)24(34)27(16,37)25(35)20(23(21)33)26(29)36/h3-10,12,16,21,31-32,35,37H,1-2H3,(H2,29,36)/t12?,16?,21-,27-/m0/s1. The summed E-state index contributed by atoms with van der Waals surface area (Å²) in [6, 6.07) is 7.23. The predicted octanol–water partition coefficient (Wildman–Crippen LogP) is 1.59. The van der Waals surface area contributed by atoms with Crippen molar-refractivity contribution in [1.29, 1.82) is 0 Å². The Labute approximate surface area is 210 Å². The minimum atomic E-state index is -2.76. The lowest BCUT2D eigenvalue weighted by molar-refractivity contribution is -0.149. The Kier molecular flexibility index (Phi) is 5.50. The summed E-state index contributed by atoms with van der Waals surface area (Å²) >= 11 is 0. The van der Waals surface area contributed by atoms with Crippen LogP contribution in [-0.4, -0.2) is 68.5 Å². The number of fused-ring (bicyclic) bond motifs is 3. The van der Waals surface area contributed by atoms with Crippen molar-refractivity contribution in [1.82, 2.24) is 4.90 Å². The molecule has 0 saturated heterocycles. The van der Waals surface area contributed by atoms with Crippen LogP contribution in [-0.2, 0) is 14.4 Å². The van der Waals surface area contributed by atoms with Crippen LogP contribution in [0.5, 0.6) is 5.75 Å². The van der Waals surface area contributed by atoms with E-state index in [1.807, 2.05) is 0 Å². The molecule has 2 aromatic rings. The number of carbonyl (C=O) groups excluding carboxylic acids is 3. The smallest absolute Gasteiger partial charge is 0.255 e. The number of ketones is 2. The molecule has 3 aliphatic rings. The summed E-state index contributed by atoms with van der Waals surface area (Å²) in [5, 5.41) is 44.3. The highest BCUT2D eigenvalue weighted by atomic mass is 19.1. The fraction of sp³-hybridized carbons (Fsp3) is 0.222. The molecule has 0 aromatic heterocycles. The first-order valence-corrected chi connectivity index (χ1v) is 11.4. The van der Waals surface area contributed by atoms with E-state index in [1.54, 1.807) is 12.5 Å². The van der Waals surface area contributed by atoms with E-state index in [0.717, 1.165) is 0 Å². The van der Waals surface area contributed by atoms with E-state index < -0.39 is 63.9 Å². The fourth-order valence-electron chi connectivity index (χ4n) is 5.61. The molecule has 6 N–H and O–H groups in total. The summed E-state index contributed by atoms with van der Waals surface area (Å²) in [5.74, 6) is -8.16. The molecule has 1 fully saturated rings. The number of phenols is 1. The molecule has 5 rings (SSSR count). The third-order valence-electron chi connectivity index (χ3n) is 7.29. The van der Waals surface area contributed by atoms with E-state index in [0.29, 0.717) is 16.7 Å². The second kappa shape index (κ2) is 8.25. The van der Waals surface area contributed by atoms with Crippen molar-refractivity contribution in [3.8, 4) is 16.9 Å². The second-order valence-corrected chi connectivity index (χ2v) is 9.56. The Balaban J connectivity index is 1.74. The number of hydrogen-bond acceptors (Lipinski definition) is 8. The number of halogens is 1. The van der Waals surface area contributed by atoms with Crippen LogP contribution in [0.1, 0.15) is 11.1 Å². The Morgan fingerprint density at radius 3 is 2.30 bits per heavy atom. The number of primary amides is 1. The number of aliphatic hydroxyl groups is 3. The van der Waals surface area contributed by atoms with Gasteiger partial charge in [0.2, 0.25) is 5.78 Å². The van der Waals surface area contributed by atoms with Gasteiger partial charge in [0.05, 0.1) is 11.6 Å². The molecule has 37 heavy (non-hydrogen) atoms. The first kappa shape index (κ1) is 24.7. The number of nitrogens with zero attached hydrogens (tertiary/aromatic N) is 1. The zero-order valence-corrected chi connectivity index (χ0v) is 19.8. The number of aromatic hydroxyl groups is 1. The van der Waals surface area contributed by atoms with Crippen molar-refractivity contribution in [2.45, 2.75) is 11.6 Å². The van der Waals surface area contributed by atoms with Gasteiger partial charge in [-0.1, -0.05) is 18.2 Å². The lowest BCUT2D eigenvalue weighted by Gasteiger charge is -2.50. The van der Waals surface area contributed by atoms with Gasteiger partial charge >= 0.3 is 0 Å². The number of amides is 1. The Bertz CT molecular complexity index is 1440. The van der Waals surface area contributed by atoms with E-state index in [-0.39, 0.29) is 16.9 Å². The number of carbonyl (C=O) groups is 3. The molecular formula is C27H23FN2O7. The maximum atomic E-state index is 13.8. The number of benzene rings is 2. The summed E-state index contributed by atoms with van der Waals surface area (Å²) in [6.07, 6.45) is 3.03. The number of aliphatic hydroxyl groups excluding tert-OH is 2. The van der Waals surface area contributed by atoms with Crippen LogP contribution < -0.4 is 5.73 Å². The highest BCUT2D eigenvalue weighted by Crippen LogP contribution is 2.53. The average molecular weight is 506 g/mol. The SMILES string of the molecule is CN(C)[C@@H]1C(=O)C(C(N)=O)=C(O)[C@@]2(O)C(=O)C3=C(O)c4c(O)ccc(-c5ccc(F)cc5)c4[CH]C3[CH]C12. The number of phenolic OH excluding ortho intramolecular Hbond substituents is 1. The lowest BCUT2D eigenvalue weighted by Crippen LogP contribution is -2.65. The number of Topliss-reactive ketones (excluding diaryl/α,β-unsaturated/α-hetero) is 2. The molecule has 1 amide bonds. The Morgan fingerprint density at radius 1 is 1.05 bits per heavy atom. The summed E-state index contributed by atoms with van der Waals surface area (Å²) in [6.45, 7) is 0. The van der Waals surface area contributed by atoms with Crippen molar-refractivity contribution in [2.24, 2.45) is 17.6 Å². The van der Waals surface area contributed by atoms with Crippen LogP contribution in [0.15, 0.2) is 53.3 Å².